The van der Waals surface area contributed by atoms with Crippen LogP contribution < -0.4 is 0 Å². The van der Waals surface area contributed by atoms with E-state index in [2.05, 4.69) is 10.1 Å². The zero-order chi connectivity index (χ0) is 17.0. The number of hydrogen-bond donors (Lipinski definition) is 1. The number of aromatic carboxylic acids is 1. The predicted octanol–water partition coefficient (Wildman–Crippen LogP) is 2.16. The van der Waals surface area contributed by atoms with Crippen LogP contribution in [-0.4, -0.2) is 40.2 Å². The molecule has 1 aromatic heterocycles. The second kappa shape index (κ2) is 6.73. The Bertz CT molecular complexity index is 793. The summed E-state index contributed by atoms with van der Waals surface area (Å²) in [5, 5.41) is 13.4. The third-order valence-electron chi connectivity index (χ3n) is 2.88. The number of carbonyl (C=O) groups is 2. The molecule has 118 valence electrons. The van der Waals surface area contributed by atoms with Crippen LogP contribution in [0.5, 0.6) is 0 Å². The highest BCUT2D eigenvalue weighted by Gasteiger charge is 2.12. The van der Waals surface area contributed by atoms with Gasteiger partial charge in [0, 0.05) is 30.4 Å². The lowest BCUT2D eigenvalue weighted by Gasteiger charge is -2.10. The van der Waals surface area contributed by atoms with E-state index in [1.54, 1.807) is 0 Å². The molecule has 0 fully saturated rings. The Morgan fingerprint density at radius 2 is 1.96 bits per heavy atom. The number of pyridine rings is 1. The van der Waals surface area contributed by atoms with Crippen LogP contribution in [0.25, 0.3) is 0 Å². The van der Waals surface area contributed by atoms with Crippen LogP contribution in [0.1, 0.15) is 26.3 Å². The molecule has 0 saturated carbocycles. The van der Waals surface area contributed by atoms with Gasteiger partial charge in [-0.15, -0.1) is 0 Å². The molecule has 0 bridgehead atoms. The van der Waals surface area contributed by atoms with Crippen LogP contribution in [-0.2, 0) is 0 Å². The zero-order valence-corrected chi connectivity index (χ0v) is 11.9. The Morgan fingerprint density at radius 3 is 2.57 bits per heavy atom. The number of halogens is 2. The van der Waals surface area contributed by atoms with Crippen molar-refractivity contribution in [2.24, 2.45) is 5.10 Å². The summed E-state index contributed by atoms with van der Waals surface area (Å²) in [5.41, 5.74) is -0.147. The maximum atomic E-state index is 13.7. The number of carboxylic acid groups (broad SMARTS) is 1. The summed E-state index contributed by atoms with van der Waals surface area (Å²) in [7, 11) is 1.32. The molecule has 0 saturated heterocycles. The molecule has 0 radical (unpaired) electrons. The molecule has 1 aromatic carbocycles. The molecule has 8 heteroatoms. The van der Waals surface area contributed by atoms with Gasteiger partial charge < -0.3 is 5.11 Å². The van der Waals surface area contributed by atoms with Gasteiger partial charge in [-0.25, -0.2) is 19.2 Å². The van der Waals surface area contributed by atoms with Crippen LogP contribution in [0.2, 0.25) is 0 Å². The fraction of sp³-hybridized carbons (Fsp3) is 0.0667. The van der Waals surface area contributed by atoms with E-state index in [1.165, 1.54) is 25.2 Å². The van der Waals surface area contributed by atoms with Gasteiger partial charge in [0.1, 0.15) is 5.82 Å². The van der Waals surface area contributed by atoms with Crippen molar-refractivity contribution in [1.82, 2.24) is 9.99 Å². The highest BCUT2D eigenvalue weighted by Crippen LogP contribution is 2.10. The SMILES string of the molecule is CN(N=Cc1ccc(C(=O)O)cc1F)C(=O)c1ccnc(F)c1. The van der Waals surface area contributed by atoms with Crippen LogP contribution in [0.4, 0.5) is 8.78 Å². The first-order valence-corrected chi connectivity index (χ1v) is 6.35. The third kappa shape index (κ3) is 3.94. The zero-order valence-electron chi connectivity index (χ0n) is 11.9. The first-order chi connectivity index (χ1) is 10.9. The van der Waals surface area contributed by atoms with Crippen molar-refractivity contribution in [3.05, 3.63) is 65.0 Å². The van der Waals surface area contributed by atoms with Gasteiger partial charge in [0.2, 0.25) is 5.95 Å². The smallest absolute Gasteiger partial charge is 0.335 e. The molecule has 0 spiro atoms. The van der Waals surface area contributed by atoms with E-state index >= 15 is 0 Å². The number of rotatable bonds is 4. The largest absolute Gasteiger partial charge is 0.478 e. The Hall–Kier alpha value is -3.16. The first kappa shape index (κ1) is 16.2. The Balaban J connectivity index is 2.16. The second-order valence-electron chi connectivity index (χ2n) is 4.48. The molecule has 6 nitrogen and oxygen atoms in total. The van der Waals surface area contributed by atoms with Crippen molar-refractivity contribution in [2.75, 3.05) is 7.05 Å². The lowest BCUT2D eigenvalue weighted by Crippen LogP contribution is -2.21. The number of carboxylic acids is 1. The summed E-state index contributed by atoms with van der Waals surface area (Å²) < 4.78 is 26.7. The van der Waals surface area contributed by atoms with Gasteiger partial charge in [0.25, 0.3) is 5.91 Å². The number of nitrogens with zero attached hydrogens (tertiary/aromatic N) is 3. The van der Waals surface area contributed by atoms with Crippen molar-refractivity contribution < 1.29 is 23.5 Å². The van der Waals surface area contributed by atoms with Crippen molar-refractivity contribution in [3.63, 3.8) is 0 Å². The van der Waals surface area contributed by atoms with Crippen molar-refractivity contribution >= 4 is 18.1 Å². The van der Waals surface area contributed by atoms with Gasteiger partial charge in [0.15, 0.2) is 0 Å². The van der Waals surface area contributed by atoms with Gasteiger partial charge in [-0.1, -0.05) is 0 Å². The van der Waals surface area contributed by atoms with E-state index in [1.807, 2.05) is 0 Å². The third-order valence-corrected chi connectivity index (χ3v) is 2.88. The van der Waals surface area contributed by atoms with Gasteiger partial charge in [-0.05, 0) is 24.3 Å². The lowest BCUT2D eigenvalue weighted by atomic mass is 10.1. The predicted molar refractivity (Wildman–Crippen MR) is 77.2 cm³/mol. The molecule has 0 atom stereocenters. The van der Waals surface area contributed by atoms with E-state index < -0.39 is 23.6 Å². The van der Waals surface area contributed by atoms with E-state index in [9.17, 15) is 18.4 Å². The first-order valence-electron chi connectivity index (χ1n) is 6.35. The minimum atomic E-state index is -1.25. The summed E-state index contributed by atoms with van der Waals surface area (Å²) >= 11 is 0. The van der Waals surface area contributed by atoms with Crippen LogP contribution >= 0.6 is 0 Å². The van der Waals surface area contributed by atoms with Crippen molar-refractivity contribution in [1.29, 1.82) is 0 Å². The Morgan fingerprint density at radius 1 is 1.22 bits per heavy atom. The lowest BCUT2D eigenvalue weighted by molar-refractivity contribution is 0.0695. The molecule has 2 rings (SSSR count). The molecule has 1 heterocycles. The number of amides is 1. The van der Waals surface area contributed by atoms with Crippen molar-refractivity contribution in [3.8, 4) is 0 Å². The summed E-state index contributed by atoms with van der Waals surface area (Å²) in [6.45, 7) is 0. The molecular formula is C15H11F2N3O3. The molecule has 0 aliphatic heterocycles. The standard InChI is InChI=1S/C15H11F2N3O3/c1-20(14(21)9-4-5-18-13(17)7-9)19-8-11-3-2-10(15(22)23)6-12(11)16/h2-8H,1H3,(H,22,23). The molecule has 0 aliphatic carbocycles. The maximum absolute atomic E-state index is 13.7. The molecule has 0 unspecified atom stereocenters. The fourth-order valence-corrected chi connectivity index (χ4v) is 1.69. The quantitative estimate of drug-likeness (QED) is 0.532. The number of hydrazone groups is 1. The van der Waals surface area contributed by atoms with Crippen molar-refractivity contribution in [2.45, 2.75) is 0 Å². The second-order valence-corrected chi connectivity index (χ2v) is 4.48. The molecule has 1 amide bonds. The number of hydrogen-bond acceptors (Lipinski definition) is 4. The molecule has 2 aromatic rings. The molecule has 23 heavy (non-hydrogen) atoms. The monoisotopic (exact) mass is 319 g/mol. The Kier molecular flexibility index (Phi) is 4.75. The van der Waals surface area contributed by atoms with E-state index in [0.29, 0.717) is 0 Å². The van der Waals surface area contributed by atoms with Crippen LogP contribution in [0, 0.1) is 11.8 Å². The van der Waals surface area contributed by atoms with Crippen LogP contribution in [0.3, 0.4) is 0 Å². The highest BCUT2D eigenvalue weighted by atomic mass is 19.1. The normalized spacial score (nSPS) is 10.7. The van der Waals surface area contributed by atoms with Gasteiger partial charge in [-0.3, -0.25) is 4.79 Å². The summed E-state index contributed by atoms with van der Waals surface area (Å²) in [5.74, 6) is -3.45. The van der Waals surface area contributed by atoms with Crippen LogP contribution in [0.15, 0.2) is 41.6 Å². The van der Waals surface area contributed by atoms with Gasteiger partial charge >= 0.3 is 5.97 Å². The van der Waals surface area contributed by atoms with Gasteiger partial charge in [0.05, 0.1) is 11.8 Å². The Labute approximate surface area is 129 Å². The topological polar surface area (TPSA) is 82.9 Å². The number of carbonyl (C=O) groups excluding carboxylic acids is 1. The molecule has 0 aliphatic rings. The number of benzene rings is 1. The minimum absolute atomic E-state index is 0.00978. The van der Waals surface area contributed by atoms with Gasteiger partial charge in [-0.2, -0.15) is 9.49 Å². The summed E-state index contributed by atoms with van der Waals surface area (Å²) in [6.07, 6.45) is 2.21. The maximum Gasteiger partial charge on any atom is 0.335 e. The van der Waals surface area contributed by atoms with E-state index in [-0.39, 0.29) is 16.7 Å². The van der Waals surface area contributed by atoms with E-state index in [4.69, 9.17) is 5.11 Å². The summed E-state index contributed by atoms with van der Waals surface area (Å²) in [6, 6.07) is 5.57. The molecular weight excluding hydrogens is 308 g/mol. The fourth-order valence-electron chi connectivity index (χ4n) is 1.69. The average Bonchev–Trinajstić information content (AvgIpc) is 2.52. The minimum Gasteiger partial charge on any atom is -0.478 e. The molecule has 1 N–H and O–H groups in total. The highest BCUT2D eigenvalue weighted by molar-refractivity contribution is 5.95. The number of aromatic nitrogens is 1. The average molecular weight is 319 g/mol. The van der Waals surface area contributed by atoms with E-state index in [0.717, 1.165) is 29.6 Å². The summed E-state index contributed by atoms with van der Waals surface area (Å²) in [4.78, 5) is 26.0.